The zero-order chi connectivity index (χ0) is 12.8. The molecule has 5 nitrogen and oxygen atoms in total. The number of amides is 1. The highest BCUT2D eigenvalue weighted by molar-refractivity contribution is 5.78. The van der Waals surface area contributed by atoms with Crippen molar-refractivity contribution in [2.24, 2.45) is 0 Å². The molecule has 1 aliphatic heterocycles. The van der Waals surface area contributed by atoms with Gasteiger partial charge in [-0.05, 0) is 11.6 Å². The molecule has 0 aliphatic carbocycles. The number of rotatable bonds is 4. The Morgan fingerprint density at radius 2 is 2.22 bits per heavy atom. The van der Waals surface area contributed by atoms with E-state index in [0.29, 0.717) is 32.8 Å². The van der Waals surface area contributed by atoms with Crippen molar-refractivity contribution in [1.29, 1.82) is 0 Å². The zero-order valence-electron chi connectivity index (χ0n) is 10.1. The van der Waals surface area contributed by atoms with Crippen molar-refractivity contribution in [3.8, 4) is 0 Å². The summed E-state index contributed by atoms with van der Waals surface area (Å²) in [7, 11) is 0. The summed E-state index contributed by atoms with van der Waals surface area (Å²) in [4.78, 5) is 17.3. The number of morpholine rings is 1. The Balaban J connectivity index is 1.73. The third-order valence-electron chi connectivity index (χ3n) is 2.73. The Bertz CT molecular complexity index is 408. The third kappa shape index (κ3) is 3.75. The number of nitrogens with zero attached hydrogens (tertiary/aromatic N) is 2. The van der Waals surface area contributed by atoms with E-state index in [2.05, 4.69) is 10.3 Å². The van der Waals surface area contributed by atoms with Gasteiger partial charge in [0, 0.05) is 25.8 Å². The molecular weight excluding hydrogens is 237 g/mol. The normalized spacial score (nSPS) is 15.7. The SMILES string of the molecule is O=C(CNCc1cncc(F)c1)N1CCOCC1. The lowest BCUT2D eigenvalue weighted by Gasteiger charge is -2.26. The molecule has 0 spiro atoms. The number of hydrogen-bond donors (Lipinski definition) is 1. The van der Waals surface area contributed by atoms with E-state index < -0.39 is 0 Å². The molecule has 2 rings (SSSR count). The summed E-state index contributed by atoms with van der Waals surface area (Å²) in [5, 5.41) is 2.99. The maximum absolute atomic E-state index is 12.9. The van der Waals surface area contributed by atoms with Crippen molar-refractivity contribution >= 4 is 5.91 Å². The number of aromatic nitrogens is 1. The Morgan fingerprint density at radius 1 is 1.44 bits per heavy atom. The molecule has 0 atom stereocenters. The smallest absolute Gasteiger partial charge is 0.236 e. The van der Waals surface area contributed by atoms with Crippen LogP contribution in [0.3, 0.4) is 0 Å². The van der Waals surface area contributed by atoms with Gasteiger partial charge in [0.25, 0.3) is 0 Å². The molecule has 0 unspecified atom stereocenters. The van der Waals surface area contributed by atoms with E-state index >= 15 is 0 Å². The van der Waals surface area contributed by atoms with Crippen LogP contribution in [0.5, 0.6) is 0 Å². The Morgan fingerprint density at radius 3 is 2.94 bits per heavy atom. The van der Waals surface area contributed by atoms with E-state index in [-0.39, 0.29) is 18.3 Å². The van der Waals surface area contributed by atoms with Gasteiger partial charge in [0.05, 0.1) is 26.0 Å². The second-order valence-corrected chi connectivity index (χ2v) is 4.11. The van der Waals surface area contributed by atoms with Crippen molar-refractivity contribution in [2.45, 2.75) is 6.54 Å². The van der Waals surface area contributed by atoms with Gasteiger partial charge in [-0.25, -0.2) is 4.39 Å². The fourth-order valence-electron chi connectivity index (χ4n) is 1.79. The summed E-state index contributed by atoms with van der Waals surface area (Å²) in [5.41, 5.74) is 0.727. The van der Waals surface area contributed by atoms with E-state index in [1.54, 1.807) is 11.1 Å². The van der Waals surface area contributed by atoms with Gasteiger partial charge in [0.15, 0.2) is 0 Å². The van der Waals surface area contributed by atoms with Crippen molar-refractivity contribution in [3.63, 3.8) is 0 Å². The van der Waals surface area contributed by atoms with Gasteiger partial charge in [-0.1, -0.05) is 0 Å². The molecule has 1 N–H and O–H groups in total. The van der Waals surface area contributed by atoms with Crippen LogP contribution >= 0.6 is 0 Å². The number of carbonyl (C=O) groups is 1. The lowest BCUT2D eigenvalue weighted by atomic mass is 10.3. The van der Waals surface area contributed by atoms with Gasteiger partial charge < -0.3 is 15.0 Å². The molecule has 0 saturated carbocycles. The fraction of sp³-hybridized carbons (Fsp3) is 0.500. The van der Waals surface area contributed by atoms with Crippen LogP contribution in [0.2, 0.25) is 0 Å². The molecule has 98 valence electrons. The molecule has 2 heterocycles. The lowest BCUT2D eigenvalue weighted by Crippen LogP contribution is -2.44. The van der Waals surface area contributed by atoms with E-state index in [1.807, 2.05) is 0 Å². The fourth-order valence-corrected chi connectivity index (χ4v) is 1.79. The highest BCUT2D eigenvalue weighted by atomic mass is 19.1. The maximum Gasteiger partial charge on any atom is 0.236 e. The summed E-state index contributed by atoms with van der Waals surface area (Å²) < 4.78 is 18.0. The first-order valence-corrected chi connectivity index (χ1v) is 5.91. The first-order valence-electron chi connectivity index (χ1n) is 5.91. The Labute approximate surface area is 105 Å². The summed E-state index contributed by atoms with van der Waals surface area (Å²) in [5.74, 6) is -0.323. The van der Waals surface area contributed by atoms with Crippen LogP contribution in [-0.2, 0) is 16.1 Å². The molecule has 1 amide bonds. The van der Waals surface area contributed by atoms with Crippen molar-refractivity contribution in [1.82, 2.24) is 15.2 Å². The van der Waals surface area contributed by atoms with Crippen molar-refractivity contribution in [2.75, 3.05) is 32.8 Å². The zero-order valence-corrected chi connectivity index (χ0v) is 10.1. The monoisotopic (exact) mass is 253 g/mol. The van der Waals surface area contributed by atoms with Crippen LogP contribution in [-0.4, -0.2) is 48.6 Å². The van der Waals surface area contributed by atoms with Crippen LogP contribution in [0.15, 0.2) is 18.5 Å². The minimum absolute atomic E-state index is 0.0441. The highest BCUT2D eigenvalue weighted by Gasteiger charge is 2.15. The Hall–Kier alpha value is -1.53. The number of pyridine rings is 1. The van der Waals surface area contributed by atoms with E-state index in [4.69, 9.17) is 4.74 Å². The molecule has 1 saturated heterocycles. The quantitative estimate of drug-likeness (QED) is 0.831. The molecule has 18 heavy (non-hydrogen) atoms. The largest absolute Gasteiger partial charge is 0.378 e. The summed E-state index contributed by atoms with van der Waals surface area (Å²) in [6.45, 7) is 3.15. The standard InChI is InChI=1S/C12H16FN3O2/c13-11-5-10(6-14-8-11)7-15-9-12(17)16-1-3-18-4-2-16/h5-6,8,15H,1-4,7,9H2. The van der Waals surface area contributed by atoms with Crippen LogP contribution in [0.25, 0.3) is 0 Å². The summed E-state index contributed by atoms with van der Waals surface area (Å²) >= 11 is 0. The predicted molar refractivity (Wildman–Crippen MR) is 63.3 cm³/mol. The third-order valence-corrected chi connectivity index (χ3v) is 2.73. The maximum atomic E-state index is 12.9. The Kier molecular flexibility index (Phi) is 4.60. The van der Waals surface area contributed by atoms with Gasteiger partial charge in [-0.15, -0.1) is 0 Å². The molecule has 1 fully saturated rings. The predicted octanol–water partition coefficient (Wildman–Crippen LogP) is 0.169. The van der Waals surface area contributed by atoms with Gasteiger partial charge in [0.2, 0.25) is 5.91 Å². The first kappa shape index (κ1) is 12.9. The van der Waals surface area contributed by atoms with Gasteiger partial charge >= 0.3 is 0 Å². The molecule has 0 bridgehead atoms. The number of halogens is 1. The van der Waals surface area contributed by atoms with Gasteiger partial charge in [-0.2, -0.15) is 0 Å². The molecule has 0 aromatic carbocycles. The van der Waals surface area contributed by atoms with Gasteiger partial charge in [0.1, 0.15) is 5.82 Å². The van der Waals surface area contributed by atoms with E-state index in [1.165, 1.54) is 6.07 Å². The topological polar surface area (TPSA) is 54.5 Å². The second-order valence-electron chi connectivity index (χ2n) is 4.11. The van der Waals surface area contributed by atoms with Crippen molar-refractivity contribution < 1.29 is 13.9 Å². The summed E-state index contributed by atoms with van der Waals surface area (Å²) in [6.07, 6.45) is 2.73. The lowest BCUT2D eigenvalue weighted by molar-refractivity contribution is -0.134. The molecule has 1 aromatic rings. The minimum Gasteiger partial charge on any atom is -0.378 e. The molecule has 1 aliphatic rings. The van der Waals surface area contributed by atoms with Crippen LogP contribution < -0.4 is 5.32 Å². The van der Waals surface area contributed by atoms with Crippen LogP contribution in [0.1, 0.15) is 5.56 Å². The average Bonchev–Trinajstić information content (AvgIpc) is 2.40. The highest BCUT2D eigenvalue weighted by Crippen LogP contribution is 2.00. The molecular formula is C12H16FN3O2. The van der Waals surface area contributed by atoms with E-state index in [0.717, 1.165) is 11.8 Å². The number of carbonyl (C=O) groups excluding carboxylic acids is 1. The number of ether oxygens (including phenoxy) is 1. The van der Waals surface area contributed by atoms with E-state index in [9.17, 15) is 9.18 Å². The molecule has 1 aromatic heterocycles. The number of hydrogen-bond acceptors (Lipinski definition) is 4. The first-order chi connectivity index (χ1) is 8.75. The second kappa shape index (κ2) is 6.42. The van der Waals surface area contributed by atoms with Crippen LogP contribution in [0, 0.1) is 5.82 Å². The summed E-state index contributed by atoms with van der Waals surface area (Å²) in [6, 6.07) is 1.40. The average molecular weight is 253 g/mol. The molecule has 6 heteroatoms. The minimum atomic E-state index is -0.367. The van der Waals surface area contributed by atoms with Gasteiger partial charge in [-0.3, -0.25) is 9.78 Å². The van der Waals surface area contributed by atoms with Crippen molar-refractivity contribution in [3.05, 3.63) is 29.8 Å². The van der Waals surface area contributed by atoms with Crippen LogP contribution in [0.4, 0.5) is 4.39 Å². The molecule has 0 radical (unpaired) electrons. The number of nitrogens with one attached hydrogen (secondary N) is 1.